The van der Waals surface area contributed by atoms with E-state index in [-0.39, 0.29) is 11.2 Å². The first kappa shape index (κ1) is 16.1. The zero-order chi connectivity index (χ0) is 14.6. The number of pyridine rings is 1. The van der Waals surface area contributed by atoms with Crippen LogP contribution in [0.4, 0.5) is 4.39 Å². The van der Waals surface area contributed by atoms with Crippen LogP contribution in [0.3, 0.4) is 0 Å². The molecule has 0 saturated carbocycles. The molecule has 106 valence electrons. The smallest absolute Gasteiger partial charge is 0.127 e. The fourth-order valence-corrected chi connectivity index (χ4v) is 4.55. The highest BCUT2D eigenvalue weighted by atomic mass is 79.9. The molecule has 0 aliphatic rings. The van der Waals surface area contributed by atoms with Crippen molar-refractivity contribution in [3.05, 3.63) is 64.1 Å². The molecule has 0 amide bonds. The number of aromatic nitrogens is 1. The van der Waals surface area contributed by atoms with Gasteiger partial charge < -0.3 is 0 Å². The van der Waals surface area contributed by atoms with Gasteiger partial charge in [0.25, 0.3) is 0 Å². The standard InChI is InChI=1S/C15H13Br3FN/c16-9-15(10-17,13-3-1-2-4-14(13)19)6-11-5-12(18)8-20-7-11/h1-5,7-8H,6,9-10H2. The van der Waals surface area contributed by atoms with Crippen molar-refractivity contribution in [3.63, 3.8) is 0 Å². The first-order chi connectivity index (χ1) is 9.61. The molecule has 0 aliphatic carbocycles. The Hall–Kier alpha value is -0.260. The van der Waals surface area contributed by atoms with Crippen molar-refractivity contribution in [2.24, 2.45) is 0 Å². The lowest BCUT2D eigenvalue weighted by molar-refractivity contribution is 0.500. The van der Waals surface area contributed by atoms with Crippen LogP contribution in [0.5, 0.6) is 0 Å². The van der Waals surface area contributed by atoms with Gasteiger partial charge in [0.05, 0.1) is 0 Å². The normalized spacial score (nSPS) is 11.6. The second kappa shape index (κ2) is 7.14. The second-order valence-electron chi connectivity index (χ2n) is 4.72. The highest BCUT2D eigenvalue weighted by Crippen LogP contribution is 2.34. The molecule has 0 saturated heterocycles. The van der Waals surface area contributed by atoms with E-state index >= 15 is 0 Å². The quantitative estimate of drug-likeness (QED) is 0.549. The van der Waals surface area contributed by atoms with Gasteiger partial charge in [0.15, 0.2) is 0 Å². The first-order valence-electron chi connectivity index (χ1n) is 6.08. The van der Waals surface area contributed by atoms with Gasteiger partial charge in [0.2, 0.25) is 0 Å². The maximum atomic E-state index is 14.2. The molecule has 2 rings (SSSR count). The van der Waals surface area contributed by atoms with Crippen molar-refractivity contribution in [1.82, 2.24) is 4.98 Å². The zero-order valence-corrected chi connectivity index (χ0v) is 15.4. The summed E-state index contributed by atoms with van der Waals surface area (Å²) in [6, 6.07) is 8.97. The summed E-state index contributed by atoms with van der Waals surface area (Å²) in [4.78, 5) is 4.18. The van der Waals surface area contributed by atoms with E-state index < -0.39 is 0 Å². The molecule has 5 heteroatoms. The summed E-state index contributed by atoms with van der Waals surface area (Å²) in [5.41, 5.74) is 1.45. The number of nitrogens with zero attached hydrogens (tertiary/aromatic N) is 1. The lowest BCUT2D eigenvalue weighted by Gasteiger charge is -2.31. The number of hydrogen-bond acceptors (Lipinski definition) is 1. The maximum absolute atomic E-state index is 14.2. The van der Waals surface area contributed by atoms with Crippen molar-refractivity contribution in [2.75, 3.05) is 10.7 Å². The third kappa shape index (κ3) is 3.49. The van der Waals surface area contributed by atoms with Crippen molar-refractivity contribution >= 4 is 47.8 Å². The predicted octanol–water partition coefficient (Wildman–Crippen LogP) is 5.25. The van der Waals surface area contributed by atoms with Crippen LogP contribution in [0.2, 0.25) is 0 Å². The van der Waals surface area contributed by atoms with Gasteiger partial charge in [0, 0.05) is 32.9 Å². The van der Waals surface area contributed by atoms with Gasteiger partial charge in [-0.25, -0.2) is 4.39 Å². The van der Waals surface area contributed by atoms with Crippen molar-refractivity contribution in [2.45, 2.75) is 11.8 Å². The average molecular weight is 466 g/mol. The molecule has 0 spiro atoms. The van der Waals surface area contributed by atoms with Crippen LogP contribution in [0.1, 0.15) is 11.1 Å². The van der Waals surface area contributed by atoms with E-state index in [4.69, 9.17) is 0 Å². The number of halogens is 4. The zero-order valence-electron chi connectivity index (χ0n) is 10.6. The molecule has 1 aromatic carbocycles. The first-order valence-corrected chi connectivity index (χ1v) is 9.11. The van der Waals surface area contributed by atoms with Crippen LogP contribution in [-0.4, -0.2) is 15.6 Å². The fourth-order valence-electron chi connectivity index (χ4n) is 2.20. The molecule has 1 aromatic heterocycles. The van der Waals surface area contributed by atoms with Crippen LogP contribution >= 0.6 is 47.8 Å². The number of hydrogen-bond donors (Lipinski definition) is 0. The molecule has 0 unspecified atom stereocenters. The molecule has 0 bridgehead atoms. The Morgan fingerprint density at radius 1 is 1.10 bits per heavy atom. The van der Waals surface area contributed by atoms with Crippen molar-refractivity contribution in [1.29, 1.82) is 0 Å². The molecule has 0 aliphatic heterocycles. The van der Waals surface area contributed by atoms with Crippen molar-refractivity contribution < 1.29 is 4.39 Å². The Kier molecular flexibility index (Phi) is 5.75. The summed E-state index contributed by atoms with van der Waals surface area (Å²) in [6.07, 6.45) is 4.28. The fraction of sp³-hybridized carbons (Fsp3) is 0.267. The average Bonchev–Trinajstić information content (AvgIpc) is 2.46. The summed E-state index contributed by atoms with van der Waals surface area (Å²) in [5.74, 6) is -0.172. The third-order valence-electron chi connectivity index (χ3n) is 3.26. The molecule has 1 nitrogen and oxygen atoms in total. The van der Waals surface area contributed by atoms with E-state index in [2.05, 4.69) is 52.8 Å². The topological polar surface area (TPSA) is 12.9 Å². The van der Waals surface area contributed by atoms with E-state index in [1.165, 1.54) is 6.07 Å². The van der Waals surface area contributed by atoms with E-state index in [9.17, 15) is 4.39 Å². The van der Waals surface area contributed by atoms with Gasteiger partial charge in [-0.05, 0) is 45.6 Å². The number of rotatable bonds is 5. The molecular formula is C15H13Br3FN. The van der Waals surface area contributed by atoms with Crippen LogP contribution in [0.15, 0.2) is 47.2 Å². The molecule has 0 atom stereocenters. The second-order valence-corrected chi connectivity index (χ2v) is 6.75. The minimum Gasteiger partial charge on any atom is -0.263 e. The molecule has 1 heterocycles. The lowest BCUT2D eigenvalue weighted by atomic mass is 9.79. The Bertz CT molecular complexity index is 585. The molecule has 0 fully saturated rings. The minimum atomic E-state index is -0.339. The van der Waals surface area contributed by atoms with Gasteiger partial charge in [-0.2, -0.15) is 0 Å². The van der Waals surface area contributed by atoms with Crippen molar-refractivity contribution in [3.8, 4) is 0 Å². The number of alkyl halides is 2. The number of benzene rings is 1. The van der Waals surface area contributed by atoms with Gasteiger partial charge >= 0.3 is 0 Å². The van der Waals surface area contributed by atoms with Gasteiger partial charge in [-0.3, -0.25) is 4.98 Å². The Morgan fingerprint density at radius 2 is 1.80 bits per heavy atom. The Labute approximate surface area is 143 Å². The lowest BCUT2D eigenvalue weighted by Crippen LogP contribution is -2.34. The summed E-state index contributed by atoms with van der Waals surface area (Å²) in [7, 11) is 0. The predicted molar refractivity (Wildman–Crippen MR) is 91.3 cm³/mol. The van der Waals surface area contributed by atoms with Gasteiger partial charge in [0.1, 0.15) is 5.82 Å². The summed E-state index contributed by atoms with van der Waals surface area (Å²) < 4.78 is 15.1. The molecule has 20 heavy (non-hydrogen) atoms. The van der Waals surface area contributed by atoms with Crippen LogP contribution < -0.4 is 0 Å². The Balaban J connectivity index is 2.42. The third-order valence-corrected chi connectivity index (χ3v) is 5.84. The van der Waals surface area contributed by atoms with Gasteiger partial charge in [-0.1, -0.05) is 50.1 Å². The van der Waals surface area contributed by atoms with E-state index in [1.54, 1.807) is 12.3 Å². The Morgan fingerprint density at radius 3 is 2.40 bits per heavy atom. The summed E-state index contributed by atoms with van der Waals surface area (Å²) in [6.45, 7) is 0. The maximum Gasteiger partial charge on any atom is 0.127 e. The molecule has 2 aromatic rings. The molecule has 0 N–H and O–H groups in total. The highest BCUT2D eigenvalue weighted by Gasteiger charge is 2.33. The monoisotopic (exact) mass is 463 g/mol. The molecule has 0 radical (unpaired) electrons. The minimum absolute atomic E-state index is 0.172. The van der Waals surface area contributed by atoms with Crippen LogP contribution in [0.25, 0.3) is 0 Å². The van der Waals surface area contributed by atoms with E-state index in [0.717, 1.165) is 10.0 Å². The van der Waals surface area contributed by atoms with Gasteiger partial charge in [-0.15, -0.1) is 0 Å². The SMILES string of the molecule is Fc1ccccc1C(CBr)(CBr)Cc1cncc(Br)c1. The summed E-state index contributed by atoms with van der Waals surface area (Å²) in [5, 5.41) is 1.33. The van der Waals surface area contributed by atoms with Crippen LogP contribution in [0, 0.1) is 5.82 Å². The highest BCUT2D eigenvalue weighted by molar-refractivity contribution is 9.10. The molecular weight excluding hydrogens is 453 g/mol. The largest absolute Gasteiger partial charge is 0.263 e. The summed E-state index contributed by atoms with van der Waals surface area (Å²) >= 11 is 10.5. The van der Waals surface area contributed by atoms with E-state index in [1.807, 2.05) is 24.4 Å². The van der Waals surface area contributed by atoms with Crippen LogP contribution in [-0.2, 0) is 11.8 Å². The van der Waals surface area contributed by atoms with E-state index in [0.29, 0.717) is 22.6 Å².